The van der Waals surface area contributed by atoms with Crippen LogP contribution < -0.4 is 4.72 Å². The number of unbranched alkanes of at least 4 members (excludes halogenated alkanes) is 1. The van der Waals surface area contributed by atoms with Crippen LogP contribution in [0.2, 0.25) is 0 Å². The van der Waals surface area contributed by atoms with Gasteiger partial charge in [-0.15, -0.1) is 5.10 Å². The van der Waals surface area contributed by atoms with Crippen molar-refractivity contribution in [1.82, 2.24) is 14.9 Å². The summed E-state index contributed by atoms with van der Waals surface area (Å²) < 4.78 is 57.3. The van der Waals surface area contributed by atoms with E-state index in [4.69, 9.17) is 4.42 Å². The van der Waals surface area contributed by atoms with Crippen molar-refractivity contribution in [3.63, 3.8) is 0 Å². The molecule has 1 aromatic carbocycles. The Morgan fingerprint density at radius 3 is 2.33 bits per heavy atom. The van der Waals surface area contributed by atoms with Gasteiger partial charge in [-0.2, -0.15) is 0 Å². The Hall–Kier alpha value is -1.78. The summed E-state index contributed by atoms with van der Waals surface area (Å²) in [6.45, 7) is 5.47. The molecule has 2 aromatic rings. The van der Waals surface area contributed by atoms with E-state index >= 15 is 0 Å². The minimum atomic E-state index is -3.83. The molecule has 0 bridgehead atoms. The van der Waals surface area contributed by atoms with Crippen LogP contribution in [0, 0.1) is 5.92 Å². The third kappa shape index (κ3) is 6.12. The van der Waals surface area contributed by atoms with Crippen molar-refractivity contribution >= 4 is 19.9 Å². The van der Waals surface area contributed by atoms with Crippen molar-refractivity contribution in [2.75, 3.05) is 5.75 Å². The number of rotatable bonds is 10. The van der Waals surface area contributed by atoms with E-state index in [1.807, 2.05) is 6.92 Å². The molecule has 0 spiro atoms. The lowest BCUT2D eigenvalue weighted by Crippen LogP contribution is -2.33. The van der Waals surface area contributed by atoms with Crippen LogP contribution in [-0.2, 0) is 25.6 Å². The van der Waals surface area contributed by atoms with Crippen molar-refractivity contribution in [1.29, 1.82) is 0 Å². The van der Waals surface area contributed by atoms with E-state index < -0.39 is 31.1 Å². The van der Waals surface area contributed by atoms with Gasteiger partial charge in [-0.25, -0.2) is 21.6 Å². The molecule has 0 amide bonds. The van der Waals surface area contributed by atoms with Crippen LogP contribution in [-0.4, -0.2) is 32.8 Å². The molecule has 150 valence electrons. The van der Waals surface area contributed by atoms with Gasteiger partial charge in [-0.05, 0) is 17.9 Å². The Labute approximate surface area is 160 Å². The quantitative estimate of drug-likeness (QED) is 0.633. The summed E-state index contributed by atoms with van der Waals surface area (Å²) in [4.78, 5) is 0. The monoisotopic (exact) mass is 415 g/mol. The fourth-order valence-corrected chi connectivity index (χ4v) is 5.06. The van der Waals surface area contributed by atoms with E-state index in [2.05, 4.69) is 14.9 Å². The fraction of sp³-hybridized carbons (Fsp3) is 0.529. The molecule has 1 atom stereocenters. The van der Waals surface area contributed by atoms with Crippen molar-refractivity contribution in [2.24, 2.45) is 5.92 Å². The van der Waals surface area contributed by atoms with E-state index in [-0.39, 0.29) is 23.3 Å². The smallest absolute Gasteiger partial charge is 0.335 e. The Morgan fingerprint density at radius 2 is 1.74 bits per heavy atom. The third-order valence-corrected chi connectivity index (χ3v) is 6.74. The SMILES string of the molecule is CCCCS(=O)(=O)N[C@H](c1nnc(S(=O)(=O)Cc2ccccc2)o1)C(C)C. The largest absolute Gasteiger partial charge is 0.411 e. The van der Waals surface area contributed by atoms with Gasteiger partial charge >= 0.3 is 5.22 Å². The summed E-state index contributed by atoms with van der Waals surface area (Å²) >= 11 is 0. The predicted molar refractivity (Wildman–Crippen MR) is 101 cm³/mol. The summed E-state index contributed by atoms with van der Waals surface area (Å²) in [6.07, 6.45) is 1.27. The summed E-state index contributed by atoms with van der Waals surface area (Å²) in [5.74, 6) is -0.549. The van der Waals surface area contributed by atoms with Crippen LogP contribution in [0.5, 0.6) is 0 Å². The molecule has 0 aliphatic carbocycles. The second kappa shape index (κ2) is 8.94. The first-order valence-electron chi connectivity index (χ1n) is 8.74. The number of hydrogen-bond donors (Lipinski definition) is 1. The number of aromatic nitrogens is 2. The number of sulfonamides is 1. The number of hydrogen-bond acceptors (Lipinski definition) is 7. The van der Waals surface area contributed by atoms with Crippen molar-refractivity contribution in [3.05, 3.63) is 41.8 Å². The molecule has 0 fully saturated rings. The molecule has 0 aliphatic rings. The number of sulfone groups is 1. The second-order valence-electron chi connectivity index (χ2n) is 6.66. The Bertz CT molecular complexity index is 938. The summed E-state index contributed by atoms with van der Waals surface area (Å²) in [5.41, 5.74) is 0.595. The zero-order valence-corrected chi connectivity index (χ0v) is 17.3. The van der Waals surface area contributed by atoms with Gasteiger partial charge in [-0.3, -0.25) is 0 Å². The van der Waals surface area contributed by atoms with Gasteiger partial charge in [0.1, 0.15) is 6.04 Å². The highest BCUT2D eigenvalue weighted by Crippen LogP contribution is 2.24. The Balaban J connectivity index is 2.22. The first-order chi connectivity index (χ1) is 12.6. The molecule has 10 heteroatoms. The van der Waals surface area contributed by atoms with E-state index in [1.165, 1.54) is 0 Å². The maximum absolute atomic E-state index is 12.5. The van der Waals surface area contributed by atoms with E-state index in [0.717, 1.165) is 6.42 Å². The highest BCUT2D eigenvalue weighted by molar-refractivity contribution is 7.90. The van der Waals surface area contributed by atoms with Gasteiger partial charge in [0.25, 0.3) is 0 Å². The lowest BCUT2D eigenvalue weighted by atomic mass is 10.1. The highest BCUT2D eigenvalue weighted by atomic mass is 32.2. The number of benzene rings is 1. The lowest BCUT2D eigenvalue weighted by molar-refractivity contribution is 0.326. The molecule has 0 radical (unpaired) electrons. The van der Waals surface area contributed by atoms with E-state index in [9.17, 15) is 16.8 Å². The first kappa shape index (κ1) is 21.5. The maximum atomic E-state index is 12.5. The molecule has 1 aromatic heterocycles. The molecular weight excluding hydrogens is 390 g/mol. The minimum Gasteiger partial charge on any atom is -0.411 e. The molecule has 1 heterocycles. The maximum Gasteiger partial charge on any atom is 0.335 e. The Morgan fingerprint density at radius 1 is 1.07 bits per heavy atom. The molecule has 2 rings (SSSR count). The molecule has 8 nitrogen and oxygen atoms in total. The van der Waals surface area contributed by atoms with Gasteiger partial charge < -0.3 is 4.42 Å². The van der Waals surface area contributed by atoms with Gasteiger partial charge in [0.05, 0.1) is 11.5 Å². The fourth-order valence-electron chi connectivity index (χ4n) is 2.39. The number of nitrogens with one attached hydrogen (secondary N) is 1. The van der Waals surface area contributed by atoms with Crippen molar-refractivity contribution in [2.45, 2.75) is 50.6 Å². The van der Waals surface area contributed by atoms with Crippen molar-refractivity contribution < 1.29 is 21.3 Å². The molecular formula is C17H25N3O5S2. The van der Waals surface area contributed by atoms with Gasteiger partial charge in [-0.1, -0.05) is 62.6 Å². The predicted octanol–water partition coefficient (Wildman–Crippen LogP) is 2.46. The average Bonchev–Trinajstić information content (AvgIpc) is 3.09. The summed E-state index contributed by atoms with van der Waals surface area (Å²) in [5, 5.41) is 6.91. The van der Waals surface area contributed by atoms with Crippen molar-refractivity contribution in [3.8, 4) is 0 Å². The summed E-state index contributed by atoms with van der Waals surface area (Å²) in [7, 11) is -7.37. The van der Waals surface area contributed by atoms with Crippen LogP contribution in [0.15, 0.2) is 40.0 Å². The topological polar surface area (TPSA) is 119 Å². The van der Waals surface area contributed by atoms with Crippen LogP contribution in [0.25, 0.3) is 0 Å². The van der Waals surface area contributed by atoms with E-state index in [1.54, 1.807) is 44.2 Å². The normalized spacial score (nSPS) is 13.8. The molecule has 0 aliphatic heterocycles. The van der Waals surface area contributed by atoms with Gasteiger partial charge in [0.15, 0.2) is 0 Å². The molecule has 0 saturated carbocycles. The van der Waals surface area contributed by atoms with Crippen LogP contribution in [0.3, 0.4) is 0 Å². The first-order valence-corrected chi connectivity index (χ1v) is 12.0. The average molecular weight is 416 g/mol. The summed E-state index contributed by atoms with van der Waals surface area (Å²) in [6, 6.07) is 7.86. The van der Waals surface area contributed by atoms with E-state index in [0.29, 0.717) is 12.0 Å². The number of nitrogens with zero attached hydrogens (tertiary/aromatic N) is 2. The standard InChI is InChI=1S/C17H25N3O5S2/c1-4-5-11-27(23,24)20-15(13(2)3)16-18-19-17(25-16)26(21,22)12-14-9-7-6-8-10-14/h6-10,13,15,20H,4-5,11-12H2,1-3H3/t15-/m0/s1. The minimum absolute atomic E-state index is 0.0139. The molecule has 0 unspecified atom stereocenters. The Kier molecular flexibility index (Phi) is 7.12. The third-order valence-electron chi connectivity index (χ3n) is 3.89. The molecule has 27 heavy (non-hydrogen) atoms. The van der Waals surface area contributed by atoms with Crippen LogP contribution >= 0.6 is 0 Å². The zero-order valence-electron chi connectivity index (χ0n) is 15.6. The second-order valence-corrected chi connectivity index (χ2v) is 10.4. The molecule has 1 N–H and O–H groups in total. The van der Waals surface area contributed by atoms with Crippen LogP contribution in [0.1, 0.15) is 51.1 Å². The zero-order chi connectivity index (χ0) is 20.1. The van der Waals surface area contributed by atoms with Gasteiger partial charge in [0, 0.05) is 0 Å². The van der Waals surface area contributed by atoms with Gasteiger partial charge in [0.2, 0.25) is 25.8 Å². The lowest BCUT2D eigenvalue weighted by Gasteiger charge is -2.18. The van der Waals surface area contributed by atoms with Crippen LogP contribution in [0.4, 0.5) is 0 Å². The highest BCUT2D eigenvalue weighted by Gasteiger charge is 2.30. The molecule has 0 saturated heterocycles.